The van der Waals surface area contributed by atoms with E-state index in [0.717, 1.165) is 44.7 Å². The molecule has 7 aromatic rings. The maximum atomic E-state index is 14.4. The van der Waals surface area contributed by atoms with Gasteiger partial charge in [0.2, 0.25) is 5.52 Å². The van der Waals surface area contributed by atoms with Gasteiger partial charge in [0.1, 0.15) is 7.05 Å². The highest BCUT2D eigenvalue weighted by atomic mass is 19.4. The van der Waals surface area contributed by atoms with Crippen LogP contribution >= 0.6 is 0 Å². The molecule has 0 fully saturated rings. The number of fused-ring (bicyclic) bond motifs is 7. The minimum atomic E-state index is -4.45. The second-order valence-corrected chi connectivity index (χ2v) is 10.7. The predicted octanol–water partition coefficient (Wildman–Crippen LogP) is 8.49. The molecule has 3 heterocycles. The highest BCUT2D eigenvalue weighted by Gasteiger charge is 2.35. The lowest BCUT2D eigenvalue weighted by atomic mass is 9.89. The minimum Gasteiger partial charge on any atom is -0.307 e. The predicted molar refractivity (Wildman–Crippen MR) is 146 cm³/mol. The van der Waals surface area contributed by atoms with Crippen molar-refractivity contribution >= 4 is 59.8 Å². The Morgan fingerprint density at radius 1 is 0.811 bits per heavy atom. The second-order valence-electron chi connectivity index (χ2n) is 10.7. The smallest absolute Gasteiger partial charge is 0.307 e. The van der Waals surface area contributed by atoms with E-state index in [4.69, 9.17) is 0 Å². The summed E-state index contributed by atoms with van der Waals surface area (Å²) in [5.74, 6) is 0.375. The first kappa shape index (κ1) is 22.3. The number of alkyl halides is 3. The van der Waals surface area contributed by atoms with Gasteiger partial charge < -0.3 is 4.40 Å². The third kappa shape index (κ3) is 2.85. The van der Waals surface area contributed by atoms with Crippen molar-refractivity contribution in [3.63, 3.8) is 0 Å². The SMILES string of the molecule is Cc1c2ccccc2c(CC(C)C)c2c1c1c3c(ccc4c5c(C(F)(F)F)cccc5n2c43)cc[n+]1C. The number of rotatable bonds is 2. The quantitative estimate of drug-likeness (QED) is 0.129. The van der Waals surface area contributed by atoms with Crippen molar-refractivity contribution in [1.82, 2.24) is 4.40 Å². The zero-order valence-electron chi connectivity index (χ0n) is 21.2. The van der Waals surface area contributed by atoms with Gasteiger partial charge in [0.05, 0.1) is 32.9 Å². The number of benzene rings is 4. The molecule has 0 N–H and O–H groups in total. The van der Waals surface area contributed by atoms with E-state index in [1.54, 1.807) is 6.07 Å². The minimum absolute atomic E-state index is 0.276. The lowest BCUT2D eigenvalue weighted by Gasteiger charge is -2.20. The molecule has 3 aromatic heterocycles. The molecule has 0 aliphatic heterocycles. The highest BCUT2D eigenvalue weighted by molar-refractivity contribution is 6.29. The van der Waals surface area contributed by atoms with E-state index in [1.807, 2.05) is 25.2 Å². The maximum Gasteiger partial charge on any atom is 0.417 e. The zero-order valence-corrected chi connectivity index (χ0v) is 21.2. The van der Waals surface area contributed by atoms with Crippen molar-refractivity contribution in [2.45, 2.75) is 33.4 Å². The summed E-state index contributed by atoms with van der Waals surface area (Å²) in [4.78, 5) is 0. The fraction of sp³-hybridized carbons (Fsp3) is 0.219. The van der Waals surface area contributed by atoms with Gasteiger partial charge in [-0.2, -0.15) is 13.2 Å². The number of aromatic nitrogens is 2. The molecule has 0 saturated heterocycles. The number of nitrogens with zero attached hydrogens (tertiary/aromatic N) is 2. The molecule has 0 aliphatic carbocycles. The van der Waals surface area contributed by atoms with Crippen molar-refractivity contribution in [3.05, 3.63) is 83.6 Å². The van der Waals surface area contributed by atoms with Crippen LogP contribution in [0.1, 0.15) is 30.5 Å². The molecule has 0 atom stereocenters. The standard InChI is InChI=1S/C32H26F3N2/c1-17(2)16-23-21-9-6-5-8-20(21)18(3)26-30(23)37-25-11-7-10-24(32(33,34)35)28(25)22-13-12-19-14-15-36(4)31(26)27(19)29(22)37/h5-15,17H,16H2,1-4H3/q+1. The normalized spacial score (nSPS) is 13.1. The Labute approximate surface area is 211 Å². The fourth-order valence-corrected chi connectivity index (χ4v) is 6.59. The molecule has 0 saturated carbocycles. The number of halogens is 3. The Morgan fingerprint density at radius 3 is 2.30 bits per heavy atom. The van der Waals surface area contributed by atoms with Crippen LogP contribution in [-0.4, -0.2) is 4.40 Å². The van der Waals surface area contributed by atoms with E-state index in [-0.39, 0.29) is 5.39 Å². The van der Waals surface area contributed by atoms with Gasteiger partial charge in [0.15, 0.2) is 6.20 Å². The average molecular weight is 496 g/mol. The first-order chi connectivity index (χ1) is 17.7. The van der Waals surface area contributed by atoms with Gasteiger partial charge in [-0.25, -0.2) is 4.57 Å². The largest absolute Gasteiger partial charge is 0.417 e. The third-order valence-corrected chi connectivity index (χ3v) is 7.99. The van der Waals surface area contributed by atoms with E-state index in [1.165, 1.54) is 22.4 Å². The van der Waals surface area contributed by atoms with Crippen LogP contribution in [0.4, 0.5) is 13.2 Å². The molecule has 4 aromatic carbocycles. The molecule has 5 heteroatoms. The monoisotopic (exact) mass is 495 g/mol. The maximum absolute atomic E-state index is 14.4. The number of hydrogen-bond acceptors (Lipinski definition) is 0. The van der Waals surface area contributed by atoms with Crippen LogP contribution < -0.4 is 4.57 Å². The molecule has 0 bridgehead atoms. The summed E-state index contributed by atoms with van der Waals surface area (Å²) in [7, 11) is 2.04. The molecule has 2 nitrogen and oxygen atoms in total. The zero-order chi connectivity index (χ0) is 25.8. The summed E-state index contributed by atoms with van der Waals surface area (Å²) >= 11 is 0. The summed E-state index contributed by atoms with van der Waals surface area (Å²) in [5, 5.41) is 6.43. The number of pyridine rings is 2. The molecular weight excluding hydrogens is 469 g/mol. The van der Waals surface area contributed by atoms with Crippen LogP contribution in [-0.2, 0) is 19.6 Å². The van der Waals surface area contributed by atoms with E-state index in [9.17, 15) is 13.2 Å². The summed E-state index contributed by atoms with van der Waals surface area (Å²) < 4.78 is 47.3. The number of aryl methyl sites for hydroxylation is 2. The first-order valence-corrected chi connectivity index (χ1v) is 12.7. The van der Waals surface area contributed by atoms with Crippen molar-refractivity contribution in [1.29, 1.82) is 0 Å². The van der Waals surface area contributed by atoms with Gasteiger partial charge in [-0.05, 0) is 58.7 Å². The van der Waals surface area contributed by atoms with E-state index in [0.29, 0.717) is 16.8 Å². The molecule has 0 unspecified atom stereocenters. The van der Waals surface area contributed by atoms with Gasteiger partial charge in [0, 0.05) is 16.8 Å². The summed E-state index contributed by atoms with van der Waals surface area (Å²) in [6.07, 6.45) is -1.57. The Bertz CT molecular complexity index is 2040. The number of hydrogen-bond donors (Lipinski definition) is 0. The Morgan fingerprint density at radius 2 is 1.57 bits per heavy atom. The average Bonchev–Trinajstić information content (AvgIpc) is 3.20. The molecule has 184 valence electrons. The van der Waals surface area contributed by atoms with Crippen LogP contribution in [0.3, 0.4) is 0 Å². The van der Waals surface area contributed by atoms with E-state index >= 15 is 0 Å². The van der Waals surface area contributed by atoms with Crippen LogP contribution in [0, 0.1) is 12.8 Å². The van der Waals surface area contributed by atoms with Gasteiger partial charge in [-0.1, -0.05) is 56.3 Å². The molecule has 7 rings (SSSR count). The molecular formula is C32H26F3N2+. The second kappa shape index (κ2) is 7.34. The third-order valence-electron chi connectivity index (χ3n) is 7.99. The summed E-state index contributed by atoms with van der Waals surface area (Å²) in [5.41, 5.74) is 5.31. The summed E-state index contributed by atoms with van der Waals surface area (Å²) in [6, 6.07) is 18.9. The van der Waals surface area contributed by atoms with Crippen LogP contribution in [0.2, 0.25) is 0 Å². The van der Waals surface area contributed by atoms with Gasteiger partial charge in [0.25, 0.3) is 0 Å². The van der Waals surface area contributed by atoms with Crippen molar-refractivity contribution in [2.24, 2.45) is 13.0 Å². The van der Waals surface area contributed by atoms with Crippen molar-refractivity contribution in [2.75, 3.05) is 0 Å². The summed E-state index contributed by atoms with van der Waals surface area (Å²) in [6.45, 7) is 6.55. The van der Waals surface area contributed by atoms with Crippen LogP contribution in [0.25, 0.3) is 59.8 Å². The van der Waals surface area contributed by atoms with Crippen LogP contribution in [0.5, 0.6) is 0 Å². The molecule has 0 amide bonds. The van der Waals surface area contributed by atoms with Crippen molar-refractivity contribution in [3.8, 4) is 0 Å². The Hall–Kier alpha value is -3.86. The molecule has 37 heavy (non-hydrogen) atoms. The lowest BCUT2D eigenvalue weighted by Crippen LogP contribution is -2.29. The van der Waals surface area contributed by atoms with Crippen LogP contribution in [0.15, 0.2) is 66.9 Å². The topological polar surface area (TPSA) is 8.29 Å². The van der Waals surface area contributed by atoms with E-state index < -0.39 is 11.7 Å². The first-order valence-electron chi connectivity index (χ1n) is 12.7. The Kier molecular flexibility index (Phi) is 4.44. The van der Waals surface area contributed by atoms with Gasteiger partial charge in [-0.3, -0.25) is 0 Å². The Balaban J connectivity index is 1.94. The van der Waals surface area contributed by atoms with Crippen molar-refractivity contribution < 1.29 is 17.7 Å². The van der Waals surface area contributed by atoms with Gasteiger partial charge in [-0.15, -0.1) is 0 Å². The molecule has 0 radical (unpaired) electrons. The highest BCUT2D eigenvalue weighted by Crippen LogP contribution is 2.47. The fourth-order valence-electron chi connectivity index (χ4n) is 6.59. The van der Waals surface area contributed by atoms with E-state index in [2.05, 4.69) is 66.3 Å². The lowest BCUT2D eigenvalue weighted by molar-refractivity contribution is -0.643. The molecule has 0 aliphatic rings. The molecule has 0 spiro atoms. The van der Waals surface area contributed by atoms with Gasteiger partial charge >= 0.3 is 6.18 Å².